The highest BCUT2D eigenvalue weighted by molar-refractivity contribution is 5.45. The number of hydrogen-bond acceptors (Lipinski definition) is 2. The molecule has 0 radical (unpaired) electrons. The predicted molar refractivity (Wildman–Crippen MR) is 60.1 cm³/mol. The molecule has 1 aromatic rings. The molecular formula is C12H19NO. The van der Waals surface area contributed by atoms with Gasteiger partial charge in [0.05, 0.1) is 7.11 Å². The average Bonchev–Trinajstić information content (AvgIpc) is 2.18. The smallest absolute Gasteiger partial charge is 0.124 e. The van der Waals surface area contributed by atoms with Crippen LogP contribution in [0.2, 0.25) is 0 Å². The minimum Gasteiger partial charge on any atom is -0.496 e. The molecule has 1 rings (SSSR count). The summed E-state index contributed by atoms with van der Waals surface area (Å²) in [5.41, 5.74) is 3.84. The number of ether oxygens (including phenoxy) is 1. The Morgan fingerprint density at radius 1 is 1.29 bits per heavy atom. The van der Waals surface area contributed by atoms with Gasteiger partial charge in [-0.3, -0.25) is 0 Å². The van der Waals surface area contributed by atoms with Gasteiger partial charge in [-0.05, 0) is 50.6 Å². The van der Waals surface area contributed by atoms with Crippen molar-refractivity contribution in [1.82, 2.24) is 5.32 Å². The van der Waals surface area contributed by atoms with Crippen LogP contribution in [0.5, 0.6) is 5.75 Å². The van der Waals surface area contributed by atoms with Crippen LogP contribution in [0.1, 0.15) is 16.7 Å². The molecule has 0 atom stereocenters. The van der Waals surface area contributed by atoms with Crippen molar-refractivity contribution in [2.45, 2.75) is 20.3 Å². The van der Waals surface area contributed by atoms with E-state index in [1.54, 1.807) is 7.11 Å². The lowest BCUT2D eigenvalue weighted by molar-refractivity contribution is 0.408. The van der Waals surface area contributed by atoms with Crippen LogP contribution in [0.25, 0.3) is 0 Å². The van der Waals surface area contributed by atoms with Gasteiger partial charge in [0.2, 0.25) is 0 Å². The van der Waals surface area contributed by atoms with E-state index in [2.05, 4.69) is 31.3 Å². The highest BCUT2D eigenvalue weighted by Crippen LogP contribution is 2.25. The van der Waals surface area contributed by atoms with E-state index in [0.717, 1.165) is 18.7 Å². The minimum absolute atomic E-state index is 1.01. The number of methoxy groups -OCH3 is 1. The molecule has 0 saturated carbocycles. The summed E-state index contributed by atoms with van der Waals surface area (Å²) < 4.78 is 5.38. The third kappa shape index (κ3) is 2.26. The zero-order chi connectivity index (χ0) is 10.6. The molecule has 1 aromatic carbocycles. The summed E-state index contributed by atoms with van der Waals surface area (Å²) in [5.74, 6) is 1.03. The van der Waals surface area contributed by atoms with E-state index < -0.39 is 0 Å². The fourth-order valence-corrected chi connectivity index (χ4v) is 1.71. The van der Waals surface area contributed by atoms with Crippen molar-refractivity contribution in [3.05, 3.63) is 28.8 Å². The molecule has 0 aliphatic rings. The van der Waals surface area contributed by atoms with E-state index in [-0.39, 0.29) is 0 Å². The van der Waals surface area contributed by atoms with Crippen LogP contribution in [0.15, 0.2) is 12.1 Å². The second-order valence-electron chi connectivity index (χ2n) is 3.55. The van der Waals surface area contributed by atoms with E-state index in [1.807, 2.05) is 7.05 Å². The maximum absolute atomic E-state index is 5.38. The van der Waals surface area contributed by atoms with Gasteiger partial charge in [-0.25, -0.2) is 0 Å². The predicted octanol–water partition coefficient (Wildman–Crippen LogP) is 2.07. The summed E-state index contributed by atoms with van der Waals surface area (Å²) >= 11 is 0. The van der Waals surface area contributed by atoms with Crippen molar-refractivity contribution in [3.63, 3.8) is 0 Å². The Kier molecular flexibility index (Phi) is 3.96. The Balaban J connectivity index is 2.96. The van der Waals surface area contributed by atoms with Gasteiger partial charge in [-0.1, -0.05) is 12.1 Å². The van der Waals surface area contributed by atoms with Crippen LogP contribution in [0.4, 0.5) is 0 Å². The molecule has 0 spiro atoms. The van der Waals surface area contributed by atoms with Crippen LogP contribution in [0.3, 0.4) is 0 Å². The summed E-state index contributed by atoms with van der Waals surface area (Å²) in [6.07, 6.45) is 1.05. The normalized spacial score (nSPS) is 10.3. The molecule has 0 bridgehead atoms. The van der Waals surface area contributed by atoms with Crippen molar-refractivity contribution in [2.24, 2.45) is 0 Å². The Hall–Kier alpha value is -1.02. The summed E-state index contributed by atoms with van der Waals surface area (Å²) in [5, 5.41) is 3.15. The standard InChI is InChI=1S/C12H19NO/c1-9-5-6-11(7-8-13-3)10(2)12(9)14-4/h5-6,13H,7-8H2,1-4H3. The number of benzene rings is 1. The average molecular weight is 193 g/mol. The largest absolute Gasteiger partial charge is 0.496 e. The van der Waals surface area contributed by atoms with Gasteiger partial charge < -0.3 is 10.1 Å². The maximum Gasteiger partial charge on any atom is 0.124 e. The number of likely N-dealkylation sites (N-methyl/N-ethyl adjacent to an activating group) is 1. The van der Waals surface area contributed by atoms with Crippen molar-refractivity contribution in [1.29, 1.82) is 0 Å². The van der Waals surface area contributed by atoms with Crippen molar-refractivity contribution in [3.8, 4) is 5.75 Å². The molecule has 0 amide bonds. The van der Waals surface area contributed by atoms with Crippen LogP contribution >= 0.6 is 0 Å². The number of aryl methyl sites for hydroxylation is 1. The highest BCUT2D eigenvalue weighted by atomic mass is 16.5. The molecule has 0 saturated heterocycles. The summed E-state index contributed by atoms with van der Waals surface area (Å²) in [4.78, 5) is 0. The lowest BCUT2D eigenvalue weighted by Gasteiger charge is -2.12. The lowest BCUT2D eigenvalue weighted by Crippen LogP contribution is -2.11. The fraction of sp³-hybridized carbons (Fsp3) is 0.500. The zero-order valence-electron chi connectivity index (χ0n) is 9.48. The fourth-order valence-electron chi connectivity index (χ4n) is 1.71. The zero-order valence-corrected chi connectivity index (χ0v) is 9.48. The highest BCUT2D eigenvalue weighted by Gasteiger charge is 2.06. The Bertz CT molecular complexity index is 307. The first-order valence-corrected chi connectivity index (χ1v) is 4.98. The van der Waals surface area contributed by atoms with E-state index in [1.165, 1.54) is 16.7 Å². The van der Waals surface area contributed by atoms with E-state index in [4.69, 9.17) is 4.74 Å². The van der Waals surface area contributed by atoms with E-state index >= 15 is 0 Å². The molecule has 0 aliphatic heterocycles. The molecule has 14 heavy (non-hydrogen) atoms. The molecule has 78 valence electrons. The Morgan fingerprint density at radius 3 is 2.57 bits per heavy atom. The minimum atomic E-state index is 1.01. The van der Waals surface area contributed by atoms with Gasteiger partial charge in [0.25, 0.3) is 0 Å². The quantitative estimate of drug-likeness (QED) is 0.790. The molecule has 0 aromatic heterocycles. The van der Waals surface area contributed by atoms with Gasteiger partial charge in [0.1, 0.15) is 5.75 Å². The molecule has 0 aliphatic carbocycles. The molecular weight excluding hydrogens is 174 g/mol. The third-order valence-corrected chi connectivity index (χ3v) is 2.56. The molecule has 0 heterocycles. The van der Waals surface area contributed by atoms with Crippen LogP contribution < -0.4 is 10.1 Å². The van der Waals surface area contributed by atoms with E-state index in [0.29, 0.717) is 0 Å². The summed E-state index contributed by atoms with van der Waals surface area (Å²) in [6, 6.07) is 4.31. The Morgan fingerprint density at radius 2 is 2.00 bits per heavy atom. The summed E-state index contributed by atoms with van der Waals surface area (Å²) in [7, 11) is 3.71. The first-order chi connectivity index (χ1) is 6.70. The third-order valence-electron chi connectivity index (χ3n) is 2.56. The van der Waals surface area contributed by atoms with Gasteiger partial charge in [0.15, 0.2) is 0 Å². The molecule has 0 unspecified atom stereocenters. The first-order valence-electron chi connectivity index (χ1n) is 4.98. The SMILES string of the molecule is CNCCc1ccc(C)c(OC)c1C. The van der Waals surface area contributed by atoms with Gasteiger partial charge >= 0.3 is 0 Å². The summed E-state index contributed by atoms with van der Waals surface area (Å²) in [6.45, 7) is 5.21. The monoisotopic (exact) mass is 193 g/mol. The van der Waals surface area contributed by atoms with Crippen molar-refractivity contribution in [2.75, 3.05) is 20.7 Å². The van der Waals surface area contributed by atoms with Gasteiger partial charge in [0, 0.05) is 0 Å². The van der Waals surface area contributed by atoms with Crippen LogP contribution in [0, 0.1) is 13.8 Å². The van der Waals surface area contributed by atoms with E-state index in [9.17, 15) is 0 Å². The van der Waals surface area contributed by atoms with Gasteiger partial charge in [-0.2, -0.15) is 0 Å². The number of nitrogens with one attached hydrogen (secondary N) is 1. The van der Waals surface area contributed by atoms with Gasteiger partial charge in [-0.15, -0.1) is 0 Å². The van der Waals surface area contributed by atoms with Crippen LogP contribution in [-0.4, -0.2) is 20.7 Å². The Labute approximate surface area is 86.3 Å². The lowest BCUT2D eigenvalue weighted by atomic mass is 10.0. The second-order valence-corrected chi connectivity index (χ2v) is 3.55. The van der Waals surface area contributed by atoms with Crippen molar-refractivity contribution < 1.29 is 4.74 Å². The van der Waals surface area contributed by atoms with Crippen molar-refractivity contribution >= 4 is 0 Å². The van der Waals surface area contributed by atoms with Crippen LogP contribution in [-0.2, 0) is 6.42 Å². The molecule has 0 fully saturated rings. The number of hydrogen-bond donors (Lipinski definition) is 1. The molecule has 2 heteroatoms. The molecule has 2 nitrogen and oxygen atoms in total. The molecule has 1 N–H and O–H groups in total. The second kappa shape index (κ2) is 5.01. The first kappa shape index (κ1) is 11.1. The topological polar surface area (TPSA) is 21.3 Å². The maximum atomic E-state index is 5.38. The number of rotatable bonds is 4.